The van der Waals surface area contributed by atoms with Crippen LogP contribution < -0.4 is 14.8 Å². The summed E-state index contributed by atoms with van der Waals surface area (Å²) in [6.07, 6.45) is 2.35. The van der Waals surface area contributed by atoms with Gasteiger partial charge < -0.3 is 14.8 Å². The average molecular weight is 416 g/mol. The Hall–Kier alpha value is -2.58. The summed E-state index contributed by atoms with van der Waals surface area (Å²) < 4.78 is 39.6. The molecule has 2 aliphatic heterocycles. The number of carbonyl (C=O) groups is 1. The summed E-state index contributed by atoms with van der Waals surface area (Å²) in [4.78, 5) is 11.9. The molecule has 0 aromatic heterocycles. The second-order valence-electron chi connectivity index (χ2n) is 7.13. The minimum atomic E-state index is -3.68. The quantitative estimate of drug-likeness (QED) is 0.828. The van der Waals surface area contributed by atoms with Gasteiger partial charge in [-0.05, 0) is 54.8 Å². The summed E-state index contributed by atoms with van der Waals surface area (Å²) in [5.41, 5.74) is 1.32. The maximum absolute atomic E-state index is 13.3. The van der Waals surface area contributed by atoms with Crippen LogP contribution in [0.1, 0.15) is 41.2 Å². The zero-order chi connectivity index (χ0) is 20.4. The number of hydrogen-bond donors (Lipinski definition) is 1. The van der Waals surface area contributed by atoms with E-state index in [0.717, 1.165) is 24.8 Å². The zero-order valence-corrected chi connectivity index (χ0v) is 17.1. The summed E-state index contributed by atoms with van der Waals surface area (Å²) in [5.74, 6) is 1.11. The van der Waals surface area contributed by atoms with Gasteiger partial charge in [-0.15, -0.1) is 0 Å². The Morgan fingerprint density at radius 1 is 1.03 bits per heavy atom. The van der Waals surface area contributed by atoms with Gasteiger partial charge in [0.1, 0.15) is 0 Å². The van der Waals surface area contributed by atoms with Crippen molar-refractivity contribution in [3.8, 4) is 11.5 Å². The second kappa shape index (κ2) is 8.04. The molecule has 2 aromatic rings. The molecule has 0 saturated carbocycles. The molecule has 0 bridgehead atoms. The fraction of sp³-hybridized carbons (Fsp3) is 0.381. The van der Waals surface area contributed by atoms with E-state index in [1.165, 1.54) is 31.3 Å². The molecule has 0 aliphatic carbocycles. The van der Waals surface area contributed by atoms with Crippen LogP contribution in [0.15, 0.2) is 47.4 Å². The first-order valence-corrected chi connectivity index (χ1v) is 11.2. The highest BCUT2D eigenvalue weighted by molar-refractivity contribution is 7.89. The molecule has 1 atom stereocenters. The predicted octanol–water partition coefficient (Wildman–Crippen LogP) is 2.73. The molecule has 1 saturated heterocycles. The number of benzene rings is 2. The van der Waals surface area contributed by atoms with Crippen LogP contribution in [0.25, 0.3) is 0 Å². The highest BCUT2D eigenvalue weighted by Crippen LogP contribution is 2.40. The van der Waals surface area contributed by atoms with Crippen LogP contribution in [0, 0.1) is 0 Å². The monoisotopic (exact) mass is 416 g/mol. The zero-order valence-electron chi connectivity index (χ0n) is 16.3. The highest BCUT2D eigenvalue weighted by Gasteiger charge is 2.36. The van der Waals surface area contributed by atoms with E-state index in [-0.39, 0.29) is 16.8 Å². The standard InChI is InChI=1S/C21H24N2O5S/c1-22-21(24)15-5-8-17(9-6-15)29(25,26)23-11-2-4-18(23)16-7-10-19-20(14-16)28-13-3-12-27-19/h5-10,14,18H,2-4,11-13H2,1H3,(H,22,24)/t18-/m0/s1. The smallest absolute Gasteiger partial charge is 0.251 e. The number of sulfonamides is 1. The Labute approximate surface area is 170 Å². The molecule has 8 heteroatoms. The van der Waals surface area contributed by atoms with Gasteiger partial charge in [0.2, 0.25) is 10.0 Å². The van der Waals surface area contributed by atoms with E-state index in [9.17, 15) is 13.2 Å². The lowest BCUT2D eigenvalue weighted by Gasteiger charge is -2.25. The van der Waals surface area contributed by atoms with Gasteiger partial charge >= 0.3 is 0 Å². The third-order valence-corrected chi connectivity index (χ3v) is 7.23. The molecule has 29 heavy (non-hydrogen) atoms. The molecule has 0 spiro atoms. The minimum Gasteiger partial charge on any atom is -0.490 e. The summed E-state index contributed by atoms with van der Waals surface area (Å²) >= 11 is 0. The van der Waals surface area contributed by atoms with E-state index >= 15 is 0 Å². The Morgan fingerprint density at radius 2 is 1.76 bits per heavy atom. The van der Waals surface area contributed by atoms with Crippen molar-refractivity contribution in [2.75, 3.05) is 26.8 Å². The van der Waals surface area contributed by atoms with Crippen LogP contribution in [0.2, 0.25) is 0 Å². The number of hydrogen-bond acceptors (Lipinski definition) is 5. The average Bonchev–Trinajstić information content (AvgIpc) is 3.13. The molecule has 2 aromatic carbocycles. The lowest BCUT2D eigenvalue weighted by atomic mass is 10.0. The summed E-state index contributed by atoms with van der Waals surface area (Å²) in [5, 5.41) is 2.53. The van der Waals surface area contributed by atoms with Gasteiger partial charge in [0.25, 0.3) is 5.91 Å². The van der Waals surface area contributed by atoms with Gasteiger partial charge in [-0.3, -0.25) is 4.79 Å². The highest BCUT2D eigenvalue weighted by atomic mass is 32.2. The van der Waals surface area contributed by atoms with Crippen molar-refractivity contribution in [1.82, 2.24) is 9.62 Å². The number of ether oxygens (including phenoxy) is 2. The van der Waals surface area contributed by atoms with E-state index < -0.39 is 10.0 Å². The summed E-state index contributed by atoms with van der Waals surface area (Å²) in [6, 6.07) is 11.5. The first-order valence-electron chi connectivity index (χ1n) is 9.74. The number of carbonyl (C=O) groups excluding carboxylic acids is 1. The molecule has 1 N–H and O–H groups in total. The lowest BCUT2D eigenvalue weighted by molar-refractivity contribution is 0.0963. The van der Waals surface area contributed by atoms with Crippen molar-refractivity contribution in [2.45, 2.75) is 30.2 Å². The molecular formula is C21H24N2O5S. The molecule has 1 amide bonds. The topological polar surface area (TPSA) is 84.9 Å². The third kappa shape index (κ3) is 3.82. The molecular weight excluding hydrogens is 392 g/mol. The maximum atomic E-state index is 13.3. The van der Waals surface area contributed by atoms with E-state index in [2.05, 4.69) is 5.32 Å². The maximum Gasteiger partial charge on any atom is 0.251 e. The summed E-state index contributed by atoms with van der Waals surface area (Å²) in [6.45, 7) is 1.65. The van der Waals surface area contributed by atoms with Crippen LogP contribution in [-0.2, 0) is 10.0 Å². The van der Waals surface area contributed by atoms with Gasteiger partial charge in [-0.25, -0.2) is 8.42 Å². The van der Waals surface area contributed by atoms with Gasteiger partial charge in [0.05, 0.1) is 24.2 Å². The molecule has 0 radical (unpaired) electrons. The number of nitrogens with one attached hydrogen (secondary N) is 1. The fourth-order valence-electron chi connectivity index (χ4n) is 3.81. The van der Waals surface area contributed by atoms with Crippen LogP contribution in [0.4, 0.5) is 0 Å². The van der Waals surface area contributed by atoms with Crippen LogP contribution >= 0.6 is 0 Å². The first kappa shape index (κ1) is 19.7. The molecule has 2 aliphatic rings. The van der Waals surface area contributed by atoms with Crippen LogP contribution in [0.5, 0.6) is 11.5 Å². The normalized spacial score (nSPS) is 19.6. The number of rotatable bonds is 4. The SMILES string of the molecule is CNC(=O)c1ccc(S(=O)(=O)N2CCC[C@H]2c2ccc3c(c2)OCCCO3)cc1. The van der Waals surface area contributed by atoms with Crippen LogP contribution in [-0.4, -0.2) is 45.4 Å². The van der Waals surface area contributed by atoms with Gasteiger partial charge in [-0.1, -0.05) is 6.07 Å². The van der Waals surface area contributed by atoms with Gasteiger partial charge in [0, 0.05) is 25.6 Å². The van der Waals surface area contributed by atoms with Crippen molar-refractivity contribution in [3.05, 3.63) is 53.6 Å². The van der Waals surface area contributed by atoms with Crippen molar-refractivity contribution < 1.29 is 22.7 Å². The Balaban J connectivity index is 1.62. The molecule has 4 rings (SSSR count). The fourth-order valence-corrected chi connectivity index (χ4v) is 5.49. The third-order valence-electron chi connectivity index (χ3n) is 5.31. The Bertz CT molecular complexity index is 1000. The largest absolute Gasteiger partial charge is 0.490 e. The van der Waals surface area contributed by atoms with E-state index in [4.69, 9.17) is 9.47 Å². The Morgan fingerprint density at radius 3 is 2.48 bits per heavy atom. The van der Waals surface area contributed by atoms with Crippen molar-refractivity contribution in [1.29, 1.82) is 0 Å². The molecule has 1 fully saturated rings. The molecule has 154 valence electrons. The van der Waals surface area contributed by atoms with Crippen molar-refractivity contribution >= 4 is 15.9 Å². The predicted molar refractivity (Wildman–Crippen MR) is 108 cm³/mol. The van der Waals surface area contributed by atoms with E-state index in [1.807, 2.05) is 18.2 Å². The molecule has 0 unspecified atom stereocenters. The molecule has 7 nitrogen and oxygen atoms in total. The molecule has 2 heterocycles. The number of amides is 1. The van der Waals surface area contributed by atoms with Crippen molar-refractivity contribution in [2.24, 2.45) is 0 Å². The van der Waals surface area contributed by atoms with E-state index in [0.29, 0.717) is 36.8 Å². The van der Waals surface area contributed by atoms with Crippen molar-refractivity contribution in [3.63, 3.8) is 0 Å². The summed E-state index contributed by atoms with van der Waals surface area (Å²) in [7, 11) is -2.15. The first-order chi connectivity index (χ1) is 14.0. The lowest BCUT2D eigenvalue weighted by Crippen LogP contribution is -2.30. The number of fused-ring (bicyclic) bond motifs is 1. The Kier molecular flexibility index (Phi) is 5.47. The van der Waals surface area contributed by atoms with Crippen LogP contribution in [0.3, 0.4) is 0 Å². The second-order valence-corrected chi connectivity index (χ2v) is 9.02. The number of nitrogens with zero attached hydrogens (tertiary/aromatic N) is 1. The van der Waals surface area contributed by atoms with Gasteiger partial charge in [-0.2, -0.15) is 4.31 Å². The van der Waals surface area contributed by atoms with E-state index in [1.54, 1.807) is 4.31 Å². The van der Waals surface area contributed by atoms with Gasteiger partial charge in [0.15, 0.2) is 11.5 Å². The minimum absolute atomic E-state index is 0.186.